The van der Waals surface area contributed by atoms with Crippen LogP contribution in [0, 0.1) is 11.3 Å². The van der Waals surface area contributed by atoms with Crippen LogP contribution >= 0.6 is 15.9 Å². The van der Waals surface area contributed by atoms with E-state index in [4.69, 9.17) is 10.00 Å². The fourth-order valence-corrected chi connectivity index (χ4v) is 2.00. The number of hydrogen-bond donors (Lipinski definition) is 1. The van der Waals surface area contributed by atoms with Crippen molar-refractivity contribution < 1.29 is 9.53 Å². The Bertz CT molecular complexity index is 738. The highest BCUT2D eigenvalue weighted by molar-refractivity contribution is 9.10. The molecule has 22 heavy (non-hydrogen) atoms. The van der Waals surface area contributed by atoms with Gasteiger partial charge in [0.1, 0.15) is 11.8 Å². The summed E-state index contributed by atoms with van der Waals surface area (Å²) in [4.78, 5) is 11.6. The van der Waals surface area contributed by atoms with Crippen LogP contribution < -0.4 is 10.2 Å². The fraction of sp³-hybridized carbons (Fsp3) is 0.0625. The molecular formula is C16H12BrN3O2. The maximum absolute atomic E-state index is 11.6. The van der Waals surface area contributed by atoms with Gasteiger partial charge in [-0.15, -0.1) is 0 Å². The molecule has 0 fully saturated rings. The molecule has 0 atom stereocenters. The number of para-hydroxylation sites is 1. The first-order chi connectivity index (χ1) is 10.7. The van der Waals surface area contributed by atoms with Crippen molar-refractivity contribution >= 4 is 28.1 Å². The van der Waals surface area contributed by atoms with Crippen molar-refractivity contribution in [3.05, 3.63) is 64.1 Å². The van der Waals surface area contributed by atoms with Gasteiger partial charge < -0.3 is 4.74 Å². The maximum atomic E-state index is 11.6. The zero-order chi connectivity index (χ0) is 15.8. The molecule has 1 amide bonds. The van der Waals surface area contributed by atoms with Gasteiger partial charge in [0.05, 0.1) is 11.8 Å². The maximum Gasteiger partial charge on any atom is 0.277 e. The normalized spacial score (nSPS) is 10.2. The second kappa shape index (κ2) is 7.96. The molecule has 0 saturated heterocycles. The van der Waals surface area contributed by atoms with E-state index in [2.05, 4.69) is 26.5 Å². The molecule has 0 saturated carbocycles. The van der Waals surface area contributed by atoms with Crippen molar-refractivity contribution in [2.45, 2.75) is 0 Å². The standard InChI is InChI=1S/C16H12BrN3O2/c17-14-7-3-1-6-13(14)10-19-20-16(21)11-22-15-8-4-2-5-12(15)9-18/h1-8,10H,11H2,(H,20,21)/b19-10-. The van der Waals surface area contributed by atoms with Gasteiger partial charge in [-0.3, -0.25) is 4.79 Å². The summed E-state index contributed by atoms with van der Waals surface area (Å²) < 4.78 is 6.18. The molecule has 2 rings (SSSR count). The number of benzene rings is 2. The highest BCUT2D eigenvalue weighted by Gasteiger charge is 2.05. The van der Waals surface area contributed by atoms with Crippen LogP contribution in [0.2, 0.25) is 0 Å². The van der Waals surface area contributed by atoms with E-state index in [0.717, 1.165) is 10.0 Å². The van der Waals surface area contributed by atoms with E-state index in [-0.39, 0.29) is 6.61 Å². The van der Waals surface area contributed by atoms with Crippen LogP contribution in [0.5, 0.6) is 5.75 Å². The van der Waals surface area contributed by atoms with Crippen LogP contribution in [0.15, 0.2) is 58.1 Å². The lowest BCUT2D eigenvalue weighted by Crippen LogP contribution is -2.24. The highest BCUT2D eigenvalue weighted by Crippen LogP contribution is 2.16. The Balaban J connectivity index is 1.86. The molecule has 0 aromatic heterocycles. The summed E-state index contributed by atoms with van der Waals surface area (Å²) in [7, 11) is 0. The molecule has 0 aliphatic carbocycles. The molecule has 5 nitrogen and oxygen atoms in total. The Morgan fingerprint density at radius 3 is 2.77 bits per heavy atom. The average molecular weight is 358 g/mol. The minimum atomic E-state index is -0.406. The van der Waals surface area contributed by atoms with Gasteiger partial charge in [0.15, 0.2) is 6.61 Å². The van der Waals surface area contributed by atoms with E-state index in [1.807, 2.05) is 30.3 Å². The number of ether oxygens (including phenoxy) is 1. The summed E-state index contributed by atoms with van der Waals surface area (Å²) in [5.41, 5.74) is 3.60. The number of hydrogen-bond acceptors (Lipinski definition) is 4. The third kappa shape index (κ3) is 4.43. The van der Waals surface area contributed by atoms with Crippen LogP contribution in [-0.4, -0.2) is 18.7 Å². The van der Waals surface area contributed by atoms with Crippen LogP contribution in [0.25, 0.3) is 0 Å². The molecule has 1 N–H and O–H groups in total. The fourth-order valence-electron chi connectivity index (χ4n) is 1.61. The van der Waals surface area contributed by atoms with Gasteiger partial charge in [-0.2, -0.15) is 10.4 Å². The van der Waals surface area contributed by atoms with Crippen LogP contribution in [-0.2, 0) is 4.79 Å². The summed E-state index contributed by atoms with van der Waals surface area (Å²) in [5, 5.41) is 12.8. The molecule has 0 radical (unpaired) electrons. The van der Waals surface area contributed by atoms with Gasteiger partial charge >= 0.3 is 0 Å². The molecule has 2 aromatic carbocycles. The Hall–Kier alpha value is -2.65. The van der Waals surface area contributed by atoms with Crippen molar-refractivity contribution in [1.82, 2.24) is 5.43 Å². The lowest BCUT2D eigenvalue weighted by Gasteiger charge is -2.06. The minimum Gasteiger partial charge on any atom is -0.482 e. The number of nitriles is 1. The molecule has 110 valence electrons. The smallest absolute Gasteiger partial charge is 0.277 e. The molecule has 0 unspecified atom stereocenters. The van der Waals surface area contributed by atoms with Crippen molar-refractivity contribution in [3.63, 3.8) is 0 Å². The van der Waals surface area contributed by atoms with Crippen LogP contribution in [0.4, 0.5) is 0 Å². The van der Waals surface area contributed by atoms with Crippen molar-refractivity contribution in [1.29, 1.82) is 5.26 Å². The summed E-state index contributed by atoms with van der Waals surface area (Å²) in [6.07, 6.45) is 1.53. The minimum absolute atomic E-state index is 0.216. The summed E-state index contributed by atoms with van der Waals surface area (Å²) >= 11 is 3.38. The second-order valence-electron chi connectivity index (χ2n) is 4.21. The van der Waals surface area contributed by atoms with E-state index >= 15 is 0 Å². The molecule has 0 heterocycles. The number of nitrogens with one attached hydrogen (secondary N) is 1. The molecule has 0 aliphatic rings. The Morgan fingerprint density at radius 2 is 2.00 bits per heavy atom. The number of carbonyl (C=O) groups excluding carboxylic acids is 1. The first-order valence-corrected chi connectivity index (χ1v) is 7.18. The van der Waals surface area contributed by atoms with E-state index in [9.17, 15) is 4.79 Å². The van der Waals surface area contributed by atoms with Crippen molar-refractivity contribution in [2.24, 2.45) is 5.10 Å². The van der Waals surface area contributed by atoms with Crippen molar-refractivity contribution in [3.8, 4) is 11.8 Å². The summed E-state index contributed by atoms with van der Waals surface area (Å²) in [6, 6.07) is 16.2. The molecule has 0 aliphatic heterocycles. The average Bonchev–Trinajstić information content (AvgIpc) is 2.55. The Labute approximate surface area is 136 Å². The zero-order valence-corrected chi connectivity index (χ0v) is 13.1. The largest absolute Gasteiger partial charge is 0.482 e. The molecule has 0 spiro atoms. The topological polar surface area (TPSA) is 74.5 Å². The van der Waals surface area contributed by atoms with Gasteiger partial charge in [-0.05, 0) is 18.2 Å². The number of rotatable bonds is 5. The van der Waals surface area contributed by atoms with Gasteiger partial charge in [0, 0.05) is 10.0 Å². The highest BCUT2D eigenvalue weighted by atomic mass is 79.9. The summed E-state index contributed by atoms with van der Waals surface area (Å²) in [5.74, 6) is -0.0361. The lowest BCUT2D eigenvalue weighted by atomic mass is 10.2. The monoisotopic (exact) mass is 357 g/mol. The zero-order valence-electron chi connectivity index (χ0n) is 11.5. The van der Waals surface area contributed by atoms with Crippen molar-refractivity contribution in [2.75, 3.05) is 6.61 Å². The first kappa shape index (κ1) is 15.7. The lowest BCUT2D eigenvalue weighted by molar-refractivity contribution is -0.123. The Kier molecular flexibility index (Phi) is 5.69. The molecule has 6 heteroatoms. The van der Waals surface area contributed by atoms with E-state index in [0.29, 0.717) is 11.3 Å². The molecule has 0 bridgehead atoms. The second-order valence-corrected chi connectivity index (χ2v) is 5.07. The SMILES string of the molecule is N#Cc1ccccc1OCC(=O)N/N=C\c1ccccc1Br. The van der Waals surface area contributed by atoms with Gasteiger partial charge in [0.2, 0.25) is 0 Å². The number of amides is 1. The van der Waals surface area contributed by atoms with Gasteiger partial charge in [-0.25, -0.2) is 5.43 Å². The Morgan fingerprint density at radius 1 is 1.27 bits per heavy atom. The molecular weight excluding hydrogens is 346 g/mol. The molecule has 2 aromatic rings. The predicted octanol–water partition coefficient (Wildman–Crippen LogP) is 2.85. The third-order valence-corrected chi connectivity index (χ3v) is 3.39. The third-order valence-electron chi connectivity index (χ3n) is 2.66. The van der Waals surface area contributed by atoms with E-state index in [1.165, 1.54) is 6.21 Å². The first-order valence-electron chi connectivity index (χ1n) is 6.39. The van der Waals surface area contributed by atoms with E-state index in [1.54, 1.807) is 24.3 Å². The van der Waals surface area contributed by atoms with Crippen LogP contribution in [0.3, 0.4) is 0 Å². The predicted molar refractivity (Wildman–Crippen MR) is 86.5 cm³/mol. The van der Waals surface area contributed by atoms with E-state index < -0.39 is 5.91 Å². The number of carbonyl (C=O) groups is 1. The van der Waals surface area contributed by atoms with Crippen LogP contribution in [0.1, 0.15) is 11.1 Å². The number of halogens is 1. The number of hydrazone groups is 1. The van der Waals surface area contributed by atoms with Gasteiger partial charge in [-0.1, -0.05) is 46.3 Å². The quantitative estimate of drug-likeness (QED) is 0.660. The number of nitrogens with zero attached hydrogens (tertiary/aromatic N) is 2. The van der Waals surface area contributed by atoms with Gasteiger partial charge in [0.25, 0.3) is 5.91 Å². The summed E-state index contributed by atoms with van der Waals surface area (Å²) in [6.45, 7) is -0.216.